The van der Waals surface area contributed by atoms with Crippen LogP contribution in [-0.2, 0) is 4.74 Å². The molecule has 14 heavy (non-hydrogen) atoms. The van der Waals surface area contributed by atoms with Crippen LogP contribution in [0.4, 0.5) is 0 Å². The van der Waals surface area contributed by atoms with Gasteiger partial charge in [0.2, 0.25) is 0 Å². The molecule has 78 valence electrons. The van der Waals surface area contributed by atoms with Crippen LogP contribution in [0.15, 0.2) is 11.4 Å². The number of ether oxygens (including phenoxy) is 1. The van der Waals surface area contributed by atoms with Gasteiger partial charge in [0.15, 0.2) is 5.78 Å². The Balaban J connectivity index is 2.32. The van der Waals surface area contributed by atoms with Gasteiger partial charge in [0, 0.05) is 13.0 Å². The lowest BCUT2D eigenvalue weighted by molar-refractivity contribution is 0.0882. The van der Waals surface area contributed by atoms with Crippen LogP contribution in [0.2, 0.25) is 5.02 Å². The lowest BCUT2D eigenvalue weighted by Crippen LogP contribution is -2.04. The molecule has 2 nitrogen and oxygen atoms in total. The summed E-state index contributed by atoms with van der Waals surface area (Å²) >= 11 is 7.21. The van der Waals surface area contributed by atoms with E-state index in [9.17, 15) is 4.79 Å². The summed E-state index contributed by atoms with van der Waals surface area (Å²) in [6.45, 7) is 3.24. The summed E-state index contributed by atoms with van der Waals surface area (Å²) in [5, 5.41) is 2.37. The molecule has 0 bridgehead atoms. The Labute approximate surface area is 92.8 Å². The molecule has 0 atom stereocenters. The van der Waals surface area contributed by atoms with Crippen LogP contribution in [0.1, 0.15) is 29.4 Å². The molecular weight excluding hydrogens is 220 g/mol. The molecule has 0 saturated heterocycles. The summed E-state index contributed by atoms with van der Waals surface area (Å²) in [4.78, 5) is 12.2. The number of carbonyl (C=O) groups excluding carboxylic acids is 1. The molecule has 0 saturated carbocycles. The zero-order chi connectivity index (χ0) is 10.4. The molecule has 0 N–H and O–H groups in total. The topological polar surface area (TPSA) is 26.3 Å². The Kier molecular flexibility index (Phi) is 5.15. The summed E-state index contributed by atoms with van der Waals surface area (Å²) < 4.78 is 5.23. The van der Waals surface area contributed by atoms with E-state index in [0.717, 1.165) is 6.42 Å². The molecule has 0 unspecified atom stereocenters. The van der Waals surface area contributed by atoms with Crippen LogP contribution >= 0.6 is 22.9 Å². The summed E-state index contributed by atoms with van der Waals surface area (Å²) in [6, 6.07) is 1.74. The minimum Gasteiger partial charge on any atom is -0.381 e. The van der Waals surface area contributed by atoms with E-state index < -0.39 is 0 Å². The van der Waals surface area contributed by atoms with Crippen molar-refractivity contribution in [3.63, 3.8) is 0 Å². The third kappa shape index (κ3) is 3.40. The molecule has 0 aliphatic carbocycles. The van der Waals surface area contributed by atoms with Crippen LogP contribution in [0.5, 0.6) is 0 Å². The van der Waals surface area contributed by atoms with Crippen molar-refractivity contribution in [2.45, 2.75) is 19.8 Å². The maximum absolute atomic E-state index is 11.5. The van der Waals surface area contributed by atoms with Crippen LogP contribution in [0.3, 0.4) is 0 Å². The van der Waals surface area contributed by atoms with Gasteiger partial charge in [-0.15, -0.1) is 11.3 Å². The van der Waals surface area contributed by atoms with Crippen LogP contribution in [-0.4, -0.2) is 19.0 Å². The normalized spacial score (nSPS) is 10.4. The molecule has 0 aliphatic heterocycles. The van der Waals surface area contributed by atoms with Crippen LogP contribution in [0.25, 0.3) is 0 Å². The Morgan fingerprint density at radius 3 is 2.93 bits per heavy atom. The number of hydrogen-bond acceptors (Lipinski definition) is 3. The van der Waals surface area contributed by atoms with Gasteiger partial charge in [-0.25, -0.2) is 0 Å². The lowest BCUT2D eigenvalue weighted by Gasteiger charge is -2.00. The Morgan fingerprint density at radius 1 is 1.57 bits per heavy atom. The average molecular weight is 233 g/mol. The predicted octanol–water partition coefficient (Wildman–Crippen LogP) is 3.40. The number of hydrogen-bond donors (Lipinski definition) is 0. The molecule has 0 aliphatic rings. The van der Waals surface area contributed by atoms with Gasteiger partial charge in [0.25, 0.3) is 0 Å². The largest absolute Gasteiger partial charge is 0.381 e. The molecule has 1 aromatic rings. The summed E-state index contributed by atoms with van der Waals surface area (Å²) in [5.74, 6) is 0.0705. The second-order valence-corrected chi connectivity index (χ2v) is 4.21. The Morgan fingerprint density at radius 2 is 2.36 bits per heavy atom. The molecule has 1 rings (SSSR count). The van der Waals surface area contributed by atoms with E-state index in [1.807, 2.05) is 12.3 Å². The van der Waals surface area contributed by atoms with Crippen molar-refractivity contribution in [1.29, 1.82) is 0 Å². The van der Waals surface area contributed by atoms with E-state index in [-0.39, 0.29) is 5.78 Å². The van der Waals surface area contributed by atoms with Gasteiger partial charge in [-0.2, -0.15) is 0 Å². The van der Waals surface area contributed by atoms with E-state index >= 15 is 0 Å². The average Bonchev–Trinajstić information content (AvgIpc) is 2.59. The lowest BCUT2D eigenvalue weighted by atomic mass is 10.2. The fourth-order valence-corrected chi connectivity index (χ4v) is 2.15. The number of Topliss-reactive ketones (excluding diaryl/α,β-unsaturated/α-hetero) is 1. The third-order valence-corrected chi connectivity index (χ3v) is 3.07. The SMILES string of the molecule is CCCOCCC(=O)c1sccc1Cl. The number of halogens is 1. The third-order valence-electron chi connectivity index (χ3n) is 1.69. The van der Waals surface area contributed by atoms with Crippen LogP contribution < -0.4 is 0 Å². The first-order valence-electron chi connectivity index (χ1n) is 4.59. The minimum absolute atomic E-state index is 0.0705. The van der Waals surface area contributed by atoms with Crippen molar-refractivity contribution in [1.82, 2.24) is 0 Å². The molecule has 0 amide bonds. The quantitative estimate of drug-likeness (QED) is 0.555. The van der Waals surface area contributed by atoms with E-state index in [2.05, 4.69) is 0 Å². The van der Waals surface area contributed by atoms with Gasteiger partial charge >= 0.3 is 0 Å². The van der Waals surface area contributed by atoms with Crippen molar-refractivity contribution in [2.24, 2.45) is 0 Å². The number of carbonyl (C=O) groups is 1. The molecule has 0 radical (unpaired) electrons. The van der Waals surface area contributed by atoms with Crippen molar-refractivity contribution in [3.05, 3.63) is 21.3 Å². The number of ketones is 1. The fourth-order valence-electron chi connectivity index (χ4n) is 1.02. The van der Waals surface area contributed by atoms with Crippen molar-refractivity contribution in [3.8, 4) is 0 Å². The maximum atomic E-state index is 11.5. The van der Waals surface area contributed by atoms with Gasteiger partial charge in [-0.05, 0) is 17.9 Å². The monoisotopic (exact) mass is 232 g/mol. The summed E-state index contributed by atoms with van der Waals surface area (Å²) in [6.07, 6.45) is 1.40. The minimum atomic E-state index is 0.0705. The first-order chi connectivity index (χ1) is 6.75. The molecule has 0 aromatic carbocycles. The Bertz CT molecular complexity index is 296. The van der Waals surface area contributed by atoms with Gasteiger partial charge in [0.05, 0.1) is 16.5 Å². The highest BCUT2D eigenvalue weighted by Gasteiger charge is 2.10. The van der Waals surface area contributed by atoms with Crippen molar-refractivity contribution in [2.75, 3.05) is 13.2 Å². The second-order valence-electron chi connectivity index (χ2n) is 2.88. The smallest absolute Gasteiger partial charge is 0.176 e. The number of thiophene rings is 1. The standard InChI is InChI=1S/C10H13ClO2S/c1-2-5-13-6-3-9(12)10-8(11)4-7-14-10/h4,7H,2-3,5-6H2,1H3. The Hall–Kier alpha value is -0.380. The zero-order valence-corrected chi connectivity index (χ0v) is 9.66. The first kappa shape index (κ1) is 11.7. The highest BCUT2D eigenvalue weighted by Crippen LogP contribution is 2.23. The van der Waals surface area contributed by atoms with Gasteiger partial charge < -0.3 is 4.74 Å². The van der Waals surface area contributed by atoms with E-state index in [0.29, 0.717) is 29.5 Å². The van der Waals surface area contributed by atoms with E-state index in [1.54, 1.807) is 6.07 Å². The van der Waals surface area contributed by atoms with Gasteiger partial charge in [-0.1, -0.05) is 18.5 Å². The zero-order valence-electron chi connectivity index (χ0n) is 8.09. The van der Waals surface area contributed by atoms with Crippen LogP contribution in [0, 0.1) is 0 Å². The van der Waals surface area contributed by atoms with E-state index in [1.165, 1.54) is 11.3 Å². The maximum Gasteiger partial charge on any atom is 0.176 e. The van der Waals surface area contributed by atoms with Crippen molar-refractivity contribution < 1.29 is 9.53 Å². The molecule has 1 heterocycles. The molecular formula is C10H13ClO2S. The van der Waals surface area contributed by atoms with E-state index in [4.69, 9.17) is 16.3 Å². The number of rotatable bonds is 6. The fraction of sp³-hybridized carbons (Fsp3) is 0.500. The second kappa shape index (κ2) is 6.17. The predicted molar refractivity (Wildman–Crippen MR) is 59.4 cm³/mol. The first-order valence-corrected chi connectivity index (χ1v) is 5.85. The van der Waals surface area contributed by atoms with Crippen molar-refractivity contribution >= 4 is 28.7 Å². The summed E-state index contributed by atoms with van der Waals surface area (Å²) in [7, 11) is 0. The highest BCUT2D eigenvalue weighted by molar-refractivity contribution is 7.12. The molecule has 0 fully saturated rings. The molecule has 4 heteroatoms. The summed E-state index contributed by atoms with van der Waals surface area (Å²) in [5.41, 5.74) is 0. The molecule has 1 aromatic heterocycles. The van der Waals surface area contributed by atoms with Gasteiger partial charge in [0.1, 0.15) is 0 Å². The van der Waals surface area contributed by atoms with Gasteiger partial charge in [-0.3, -0.25) is 4.79 Å². The highest BCUT2D eigenvalue weighted by atomic mass is 35.5. The molecule has 0 spiro atoms.